The molecule has 316 valence electrons. The average Bonchev–Trinajstić information content (AvgIpc) is 3.58. The summed E-state index contributed by atoms with van der Waals surface area (Å²) in [5.74, 6) is 0.118. The molecule has 4 saturated heterocycles. The van der Waals surface area contributed by atoms with Crippen molar-refractivity contribution in [2.45, 2.75) is 57.9 Å². The summed E-state index contributed by atoms with van der Waals surface area (Å²) in [5, 5.41) is 14.3. The van der Waals surface area contributed by atoms with Gasteiger partial charge in [0.1, 0.15) is 18.0 Å². The Morgan fingerprint density at radius 2 is 1.67 bits per heavy atom. The average molecular weight is 815 g/mol. The Hall–Kier alpha value is -5.50. The van der Waals surface area contributed by atoms with Crippen molar-refractivity contribution in [3.05, 3.63) is 114 Å². The number of fused-ring (bicyclic) bond motifs is 3. The number of benzene rings is 3. The number of aryl methyl sites for hydroxylation is 2. The van der Waals surface area contributed by atoms with Gasteiger partial charge in [0.05, 0.1) is 24.2 Å². The van der Waals surface area contributed by atoms with Gasteiger partial charge in [-0.15, -0.1) is 6.58 Å². The minimum Gasteiger partial charge on any atom is -0.508 e. The number of nitrogens with zero attached hydrogens (tertiary/aromatic N) is 8. The summed E-state index contributed by atoms with van der Waals surface area (Å²) in [4.78, 5) is 68.1. The quantitative estimate of drug-likeness (QED) is 0.214. The number of aromatic hydroxyl groups is 1. The molecule has 4 aliphatic rings. The summed E-state index contributed by atoms with van der Waals surface area (Å²) in [6, 6.07) is 21.9. The monoisotopic (exact) mass is 814 g/mol. The maximum absolute atomic E-state index is 14.8. The number of phenols is 1. The molecule has 5 heterocycles. The molecule has 0 spiro atoms. The number of aromatic nitrogens is 1. The Kier molecular flexibility index (Phi) is 12.1. The molecule has 0 aliphatic carbocycles. The predicted molar refractivity (Wildman–Crippen MR) is 230 cm³/mol. The van der Waals surface area contributed by atoms with E-state index in [9.17, 15) is 24.3 Å². The summed E-state index contributed by atoms with van der Waals surface area (Å²) in [5.41, 5.74) is 4.20. The van der Waals surface area contributed by atoms with Crippen LogP contribution in [0.25, 0.3) is 10.9 Å². The van der Waals surface area contributed by atoms with Crippen molar-refractivity contribution in [2.24, 2.45) is 13.0 Å². The molecule has 1 aromatic heterocycles. The molecule has 4 fully saturated rings. The number of hydrogen-bond acceptors (Lipinski definition) is 8. The molecule has 4 amide bonds. The third-order valence-electron chi connectivity index (χ3n) is 12.6. The normalized spacial score (nSPS) is 21.8. The van der Waals surface area contributed by atoms with E-state index in [-0.39, 0.29) is 68.4 Å². The fourth-order valence-electron chi connectivity index (χ4n) is 9.88. The van der Waals surface area contributed by atoms with Gasteiger partial charge < -0.3 is 29.3 Å². The van der Waals surface area contributed by atoms with Crippen molar-refractivity contribution in [1.82, 2.24) is 39.1 Å². The molecule has 13 nitrogen and oxygen atoms in total. The fourth-order valence-corrected chi connectivity index (χ4v) is 9.88. The third-order valence-corrected chi connectivity index (χ3v) is 12.6. The number of hydrogen-bond donors (Lipinski definition) is 1. The third kappa shape index (κ3) is 8.43. The van der Waals surface area contributed by atoms with Crippen LogP contribution >= 0.6 is 0 Å². The zero-order chi connectivity index (χ0) is 42.1. The number of hydrazine groups is 1. The lowest BCUT2D eigenvalue weighted by atomic mass is 9.97. The summed E-state index contributed by atoms with van der Waals surface area (Å²) >= 11 is 0. The van der Waals surface area contributed by atoms with Gasteiger partial charge in [0.25, 0.3) is 5.91 Å². The first-order chi connectivity index (χ1) is 29.0. The minimum absolute atomic E-state index is 0.0183. The molecule has 1 N–H and O–H groups in total. The lowest BCUT2D eigenvalue weighted by Gasteiger charge is -2.55. The number of phenolic OH excluding ortho intramolecular Hbond substituents is 1. The van der Waals surface area contributed by atoms with E-state index in [4.69, 9.17) is 0 Å². The van der Waals surface area contributed by atoms with E-state index in [1.165, 1.54) is 0 Å². The van der Waals surface area contributed by atoms with Gasteiger partial charge in [-0.05, 0) is 41.2 Å². The van der Waals surface area contributed by atoms with E-state index in [0.717, 1.165) is 60.3 Å². The summed E-state index contributed by atoms with van der Waals surface area (Å²) in [6.07, 6.45) is 3.81. The standard InChI is InChI=1S/C47H58N8O5/c1-5-20-53-32-44(58)54-41(25-35-14-17-38(56)18-15-35)47(60)52(31-42(54)55(53)43(57)19-16-34-10-7-6-8-11-34)27-36-12-9-13-39-40(30-48(4)45(36)39)46(59)51-24-23-50-22-21-49(26-33(2)3)28-37(50)29-51/h5-15,17-18,30,33,37,41-42,56H,1,16,19-29,31-32H2,2-4H3/t37?,41-,42-/m0/s1. The van der Waals surface area contributed by atoms with Crippen molar-refractivity contribution >= 4 is 34.5 Å². The van der Waals surface area contributed by atoms with E-state index in [0.29, 0.717) is 37.0 Å². The van der Waals surface area contributed by atoms with E-state index in [1.54, 1.807) is 50.2 Å². The van der Waals surface area contributed by atoms with Gasteiger partial charge in [0.2, 0.25) is 17.7 Å². The molecule has 60 heavy (non-hydrogen) atoms. The second-order valence-corrected chi connectivity index (χ2v) is 17.3. The highest BCUT2D eigenvalue weighted by atomic mass is 16.3. The van der Waals surface area contributed by atoms with E-state index in [2.05, 4.69) is 30.2 Å². The van der Waals surface area contributed by atoms with Crippen molar-refractivity contribution in [2.75, 3.05) is 65.4 Å². The van der Waals surface area contributed by atoms with Crippen LogP contribution in [0.4, 0.5) is 0 Å². The Labute approximate surface area is 353 Å². The van der Waals surface area contributed by atoms with E-state index in [1.807, 2.05) is 71.2 Å². The predicted octanol–water partition coefficient (Wildman–Crippen LogP) is 3.97. The van der Waals surface area contributed by atoms with E-state index < -0.39 is 12.2 Å². The Morgan fingerprint density at radius 3 is 2.42 bits per heavy atom. The fraction of sp³-hybridized carbons (Fsp3) is 0.447. The van der Waals surface area contributed by atoms with Crippen LogP contribution in [-0.4, -0.2) is 152 Å². The number of carbonyl (C=O) groups excluding carboxylic acids is 4. The molecule has 8 rings (SSSR count). The Morgan fingerprint density at radius 1 is 0.900 bits per heavy atom. The highest BCUT2D eigenvalue weighted by molar-refractivity contribution is 6.08. The second kappa shape index (κ2) is 17.6. The van der Waals surface area contributed by atoms with Crippen molar-refractivity contribution in [3.8, 4) is 5.75 Å². The van der Waals surface area contributed by atoms with Crippen LogP contribution in [-0.2, 0) is 40.8 Å². The van der Waals surface area contributed by atoms with Gasteiger partial charge in [-0.1, -0.05) is 80.6 Å². The number of piperazine rings is 3. The molecule has 4 aliphatic heterocycles. The molecular weight excluding hydrogens is 757 g/mol. The van der Waals surface area contributed by atoms with Crippen LogP contribution in [0.2, 0.25) is 0 Å². The SMILES string of the molecule is C=CCN1CC(=O)N2[C@@H](Cc3ccc(O)cc3)C(=O)N(Cc3cccc4c(C(=O)N5CCN6CCN(CC(C)C)CC6C5)cn(C)c34)C[C@@H]2N1C(=O)CCc1ccccc1. The molecule has 3 atom stereocenters. The van der Waals surface area contributed by atoms with Crippen molar-refractivity contribution < 1.29 is 24.3 Å². The number of rotatable bonds is 12. The molecule has 13 heteroatoms. The van der Waals surface area contributed by atoms with Crippen LogP contribution in [0, 0.1) is 5.92 Å². The molecule has 0 bridgehead atoms. The topological polar surface area (TPSA) is 116 Å². The molecule has 4 aromatic rings. The molecule has 0 radical (unpaired) electrons. The van der Waals surface area contributed by atoms with Gasteiger partial charge in [0, 0.05) is 96.4 Å². The van der Waals surface area contributed by atoms with Crippen LogP contribution in [0.15, 0.2) is 91.6 Å². The van der Waals surface area contributed by atoms with Gasteiger partial charge >= 0.3 is 0 Å². The van der Waals surface area contributed by atoms with Gasteiger partial charge in [-0.2, -0.15) is 0 Å². The van der Waals surface area contributed by atoms with Crippen LogP contribution in [0.3, 0.4) is 0 Å². The number of carbonyl (C=O) groups is 4. The lowest BCUT2D eigenvalue weighted by molar-refractivity contribution is -0.205. The van der Waals surface area contributed by atoms with Crippen molar-refractivity contribution in [1.29, 1.82) is 0 Å². The number of amides is 4. The maximum Gasteiger partial charge on any atom is 0.256 e. The zero-order valence-electron chi connectivity index (χ0n) is 35.2. The largest absolute Gasteiger partial charge is 0.508 e. The van der Waals surface area contributed by atoms with Gasteiger partial charge in [-0.3, -0.25) is 24.1 Å². The number of para-hydroxylation sites is 1. The smallest absolute Gasteiger partial charge is 0.256 e. The maximum atomic E-state index is 14.8. The van der Waals surface area contributed by atoms with Crippen molar-refractivity contribution in [3.63, 3.8) is 0 Å². The highest BCUT2D eigenvalue weighted by Crippen LogP contribution is 2.33. The Bertz CT molecular complexity index is 2220. The summed E-state index contributed by atoms with van der Waals surface area (Å²) < 4.78 is 1.99. The molecule has 3 aromatic carbocycles. The van der Waals surface area contributed by atoms with Gasteiger partial charge in [0.15, 0.2) is 0 Å². The van der Waals surface area contributed by atoms with Gasteiger partial charge in [-0.25, -0.2) is 10.0 Å². The van der Waals surface area contributed by atoms with Crippen LogP contribution < -0.4 is 0 Å². The van der Waals surface area contributed by atoms with E-state index >= 15 is 0 Å². The highest BCUT2D eigenvalue weighted by Gasteiger charge is 2.51. The molecular formula is C47H58N8O5. The first kappa shape index (κ1) is 41.2. The summed E-state index contributed by atoms with van der Waals surface area (Å²) in [7, 11) is 1.94. The second-order valence-electron chi connectivity index (χ2n) is 17.3. The summed E-state index contributed by atoms with van der Waals surface area (Å²) in [6.45, 7) is 15.3. The first-order valence-corrected chi connectivity index (χ1v) is 21.4. The molecule has 1 unspecified atom stereocenters. The Balaban J connectivity index is 1.09. The zero-order valence-corrected chi connectivity index (χ0v) is 35.2. The first-order valence-electron chi connectivity index (χ1n) is 21.4. The lowest BCUT2D eigenvalue weighted by Crippen LogP contribution is -2.75. The molecule has 0 saturated carbocycles. The minimum atomic E-state index is -0.893. The van der Waals surface area contributed by atoms with Crippen LogP contribution in [0.5, 0.6) is 5.75 Å². The van der Waals surface area contributed by atoms with Crippen LogP contribution in [0.1, 0.15) is 47.3 Å².